The van der Waals surface area contributed by atoms with Crippen molar-refractivity contribution in [3.8, 4) is 0 Å². The molecule has 0 bridgehead atoms. The zero-order valence-electron chi connectivity index (χ0n) is 12.1. The highest BCUT2D eigenvalue weighted by atomic mass is 32.2. The third kappa shape index (κ3) is 4.75. The predicted molar refractivity (Wildman–Crippen MR) is 78.4 cm³/mol. The van der Waals surface area contributed by atoms with E-state index in [9.17, 15) is 14.4 Å². The summed E-state index contributed by atoms with van der Waals surface area (Å²) in [6, 6.07) is 0. The van der Waals surface area contributed by atoms with Gasteiger partial charge in [-0.25, -0.2) is 0 Å². The van der Waals surface area contributed by atoms with Gasteiger partial charge in [0.05, 0.1) is 0 Å². The SMILES string of the molecule is CCCC(=O)C1C(=O)CC(C[C@@H](C)SCC)CC1=O. The second kappa shape index (κ2) is 7.83. The Balaban J connectivity index is 2.58. The molecule has 1 fully saturated rings. The molecule has 1 atom stereocenters. The molecule has 19 heavy (non-hydrogen) atoms. The van der Waals surface area contributed by atoms with Gasteiger partial charge in [0.2, 0.25) is 0 Å². The number of Topliss-reactive ketones (excluding diaryl/α,β-unsaturated/α-hetero) is 3. The third-order valence-electron chi connectivity index (χ3n) is 3.56. The summed E-state index contributed by atoms with van der Waals surface area (Å²) < 4.78 is 0. The molecule has 0 amide bonds. The Bertz CT molecular complexity index is 333. The summed E-state index contributed by atoms with van der Waals surface area (Å²) in [5.74, 6) is -0.216. The first kappa shape index (κ1) is 16.4. The minimum atomic E-state index is -0.940. The van der Waals surface area contributed by atoms with Crippen molar-refractivity contribution in [3.63, 3.8) is 0 Å². The van der Waals surface area contributed by atoms with Gasteiger partial charge in [-0.15, -0.1) is 0 Å². The molecule has 1 aliphatic rings. The van der Waals surface area contributed by atoms with Gasteiger partial charge in [0.1, 0.15) is 5.92 Å². The highest BCUT2D eigenvalue weighted by Crippen LogP contribution is 2.30. The Labute approximate surface area is 119 Å². The van der Waals surface area contributed by atoms with Gasteiger partial charge in [-0.3, -0.25) is 14.4 Å². The quantitative estimate of drug-likeness (QED) is 0.674. The van der Waals surface area contributed by atoms with E-state index < -0.39 is 5.92 Å². The number of carbonyl (C=O) groups excluding carboxylic acids is 3. The van der Waals surface area contributed by atoms with Crippen LogP contribution >= 0.6 is 11.8 Å². The lowest BCUT2D eigenvalue weighted by molar-refractivity contribution is -0.143. The molecule has 0 radical (unpaired) electrons. The minimum absolute atomic E-state index is 0.139. The van der Waals surface area contributed by atoms with E-state index in [0.29, 0.717) is 30.9 Å². The number of rotatable bonds is 7. The Hall–Kier alpha value is -0.640. The highest BCUT2D eigenvalue weighted by Gasteiger charge is 2.39. The lowest BCUT2D eigenvalue weighted by atomic mass is 9.76. The molecular formula is C15H24O3S. The van der Waals surface area contributed by atoms with Crippen LogP contribution < -0.4 is 0 Å². The van der Waals surface area contributed by atoms with Crippen molar-refractivity contribution >= 4 is 29.1 Å². The number of carbonyl (C=O) groups is 3. The molecule has 0 aromatic heterocycles. The first-order chi connectivity index (χ1) is 8.99. The van der Waals surface area contributed by atoms with Crippen LogP contribution in [0.3, 0.4) is 0 Å². The molecule has 1 rings (SSSR count). The average molecular weight is 284 g/mol. The summed E-state index contributed by atoms with van der Waals surface area (Å²) >= 11 is 1.85. The normalized spacial score (nSPS) is 25.4. The lowest BCUT2D eigenvalue weighted by Gasteiger charge is -2.27. The zero-order valence-corrected chi connectivity index (χ0v) is 12.9. The van der Waals surface area contributed by atoms with Crippen LogP contribution in [0.4, 0.5) is 0 Å². The van der Waals surface area contributed by atoms with Gasteiger partial charge in [0.25, 0.3) is 0 Å². The second-order valence-corrected chi connectivity index (χ2v) is 7.07. The van der Waals surface area contributed by atoms with E-state index in [1.54, 1.807) is 0 Å². The summed E-state index contributed by atoms with van der Waals surface area (Å²) in [6.07, 6.45) is 2.74. The van der Waals surface area contributed by atoms with E-state index in [1.165, 1.54) is 0 Å². The molecule has 0 aromatic rings. The number of thioether (sulfide) groups is 1. The Morgan fingerprint density at radius 1 is 1.26 bits per heavy atom. The number of hydrogen-bond donors (Lipinski definition) is 0. The monoisotopic (exact) mass is 284 g/mol. The Morgan fingerprint density at radius 3 is 2.32 bits per heavy atom. The van der Waals surface area contributed by atoms with E-state index in [2.05, 4.69) is 13.8 Å². The topological polar surface area (TPSA) is 51.2 Å². The number of hydrogen-bond acceptors (Lipinski definition) is 4. The smallest absolute Gasteiger partial charge is 0.151 e. The van der Waals surface area contributed by atoms with Gasteiger partial charge in [0, 0.05) is 24.5 Å². The van der Waals surface area contributed by atoms with Crippen LogP contribution in [0.2, 0.25) is 0 Å². The standard InChI is InChI=1S/C15H24O3S/c1-4-6-12(16)15-13(17)8-11(9-14(15)18)7-10(3)19-5-2/h10-11,15H,4-9H2,1-3H3/t10-,11?,15?/m1/s1. The van der Waals surface area contributed by atoms with E-state index in [4.69, 9.17) is 0 Å². The third-order valence-corrected chi connectivity index (χ3v) is 4.65. The van der Waals surface area contributed by atoms with Crippen LogP contribution in [0.15, 0.2) is 0 Å². The average Bonchev–Trinajstić information content (AvgIpc) is 2.28. The van der Waals surface area contributed by atoms with Crippen LogP contribution in [0.25, 0.3) is 0 Å². The summed E-state index contributed by atoms with van der Waals surface area (Å²) in [5, 5.41) is 0.471. The molecule has 0 aromatic carbocycles. The van der Waals surface area contributed by atoms with E-state index in [0.717, 1.165) is 12.2 Å². The van der Waals surface area contributed by atoms with E-state index >= 15 is 0 Å². The summed E-state index contributed by atoms with van der Waals surface area (Å²) in [4.78, 5) is 35.8. The second-order valence-electron chi connectivity index (χ2n) is 5.36. The molecule has 0 saturated heterocycles. The van der Waals surface area contributed by atoms with Crippen molar-refractivity contribution in [3.05, 3.63) is 0 Å². The van der Waals surface area contributed by atoms with E-state index in [-0.39, 0.29) is 23.3 Å². The molecule has 4 heteroatoms. The fourth-order valence-corrected chi connectivity index (χ4v) is 3.77. The van der Waals surface area contributed by atoms with Gasteiger partial charge >= 0.3 is 0 Å². The molecule has 0 heterocycles. The molecule has 3 nitrogen and oxygen atoms in total. The largest absolute Gasteiger partial charge is 0.298 e. The predicted octanol–water partition coefficient (Wildman–Crippen LogP) is 3.05. The van der Waals surface area contributed by atoms with Crippen molar-refractivity contribution in [2.75, 3.05) is 5.75 Å². The molecule has 0 spiro atoms. The molecule has 1 saturated carbocycles. The first-order valence-corrected chi connectivity index (χ1v) is 8.24. The maximum absolute atomic E-state index is 12.0. The van der Waals surface area contributed by atoms with Crippen molar-refractivity contribution in [2.45, 2.75) is 58.1 Å². The van der Waals surface area contributed by atoms with Crippen molar-refractivity contribution in [1.29, 1.82) is 0 Å². The fourth-order valence-electron chi connectivity index (χ4n) is 2.79. The molecular weight excluding hydrogens is 260 g/mol. The van der Waals surface area contributed by atoms with Gasteiger partial charge in [0.15, 0.2) is 17.3 Å². The maximum Gasteiger partial charge on any atom is 0.151 e. The Kier molecular flexibility index (Phi) is 6.76. The molecule has 0 unspecified atom stereocenters. The lowest BCUT2D eigenvalue weighted by Crippen LogP contribution is -2.39. The molecule has 1 aliphatic carbocycles. The summed E-state index contributed by atoms with van der Waals surface area (Å²) in [5.41, 5.74) is 0. The van der Waals surface area contributed by atoms with Crippen LogP contribution in [0, 0.1) is 11.8 Å². The maximum atomic E-state index is 12.0. The van der Waals surface area contributed by atoms with Gasteiger partial charge in [-0.1, -0.05) is 20.8 Å². The highest BCUT2D eigenvalue weighted by molar-refractivity contribution is 7.99. The number of ketones is 3. The first-order valence-electron chi connectivity index (χ1n) is 7.19. The van der Waals surface area contributed by atoms with Crippen LogP contribution in [0.1, 0.15) is 52.9 Å². The minimum Gasteiger partial charge on any atom is -0.298 e. The van der Waals surface area contributed by atoms with Crippen molar-refractivity contribution in [2.24, 2.45) is 11.8 Å². The van der Waals surface area contributed by atoms with Gasteiger partial charge in [-0.05, 0) is 24.5 Å². The van der Waals surface area contributed by atoms with Gasteiger partial charge < -0.3 is 0 Å². The molecule has 0 aliphatic heterocycles. The van der Waals surface area contributed by atoms with Crippen LogP contribution in [-0.4, -0.2) is 28.4 Å². The molecule has 0 N–H and O–H groups in total. The fraction of sp³-hybridized carbons (Fsp3) is 0.800. The van der Waals surface area contributed by atoms with Crippen LogP contribution in [-0.2, 0) is 14.4 Å². The Morgan fingerprint density at radius 2 is 1.84 bits per heavy atom. The zero-order chi connectivity index (χ0) is 14.4. The van der Waals surface area contributed by atoms with Gasteiger partial charge in [-0.2, -0.15) is 11.8 Å². The van der Waals surface area contributed by atoms with Crippen molar-refractivity contribution in [1.82, 2.24) is 0 Å². The van der Waals surface area contributed by atoms with Crippen LogP contribution in [0.5, 0.6) is 0 Å². The van der Waals surface area contributed by atoms with Crippen molar-refractivity contribution < 1.29 is 14.4 Å². The summed E-state index contributed by atoms with van der Waals surface area (Å²) in [7, 11) is 0. The summed E-state index contributed by atoms with van der Waals surface area (Å²) in [6.45, 7) is 6.14. The molecule has 108 valence electrons. The van der Waals surface area contributed by atoms with E-state index in [1.807, 2.05) is 18.7 Å².